The van der Waals surface area contributed by atoms with Crippen LogP contribution in [-0.4, -0.2) is 18.3 Å². The maximum Gasteiger partial charge on any atom is 0.250 e. The molecule has 1 atom stereocenters. The van der Waals surface area contributed by atoms with Gasteiger partial charge in [0.2, 0.25) is 0 Å². The van der Waals surface area contributed by atoms with Crippen LogP contribution >= 0.6 is 11.3 Å². The molecule has 1 N–H and O–H groups in total. The fourth-order valence-electron chi connectivity index (χ4n) is 2.12. The van der Waals surface area contributed by atoms with Gasteiger partial charge in [-0.2, -0.15) is 0 Å². The number of nitrogens with one attached hydrogen (secondary N) is 1. The van der Waals surface area contributed by atoms with E-state index in [1.54, 1.807) is 17.7 Å². The highest BCUT2D eigenvalue weighted by atomic mass is 32.1. The van der Waals surface area contributed by atoms with Crippen LogP contribution in [-0.2, 0) is 17.7 Å². The molecule has 0 saturated carbocycles. The number of methoxy groups -OCH3 is 1. The molecule has 2 aromatic rings. The van der Waals surface area contributed by atoms with Crippen molar-refractivity contribution in [2.24, 2.45) is 0 Å². The van der Waals surface area contributed by atoms with Gasteiger partial charge in [-0.25, -0.2) is 0 Å². The summed E-state index contributed by atoms with van der Waals surface area (Å²) in [5, 5.41) is 3.45. The second-order valence-electron chi connectivity index (χ2n) is 4.97. The highest BCUT2D eigenvalue weighted by Gasteiger charge is 2.09. The lowest BCUT2D eigenvalue weighted by Crippen LogP contribution is -2.21. The molecule has 0 amide bonds. The van der Waals surface area contributed by atoms with Gasteiger partial charge in [-0.15, -0.1) is 11.3 Å². The molecule has 5 heteroatoms. The lowest BCUT2D eigenvalue weighted by molar-refractivity contribution is 0.186. The summed E-state index contributed by atoms with van der Waals surface area (Å²) in [5.41, 5.74) is 0.944. The summed E-state index contributed by atoms with van der Waals surface area (Å²) in [6, 6.07) is 8.00. The first-order valence-corrected chi connectivity index (χ1v) is 8.00. The average molecular weight is 306 g/mol. The van der Waals surface area contributed by atoms with Crippen LogP contribution in [0, 0.1) is 0 Å². The zero-order valence-corrected chi connectivity index (χ0v) is 13.6. The van der Waals surface area contributed by atoms with E-state index in [-0.39, 0.29) is 11.6 Å². The summed E-state index contributed by atoms with van der Waals surface area (Å²) in [5.74, 6) is 0. The standard InChI is InChI=1S/C16H22N2O2S/c1-4-14-6-7-15(21-14)12(2)17-13-5-8-16(19)18(11-13)9-10-20-3/h5-8,11-12,17H,4,9-10H2,1-3H3. The lowest BCUT2D eigenvalue weighted by Gasteiger charge is -2.15. The highest BCUT2D eigenvalue weighted by molar-refractivity contribution is 7.12. The first-order chi connectivity index (χ1) is 10.1. The predicted molar refractivity (Wildman–Crippen MR) is 88.3 cm³/mol. The van der Waals surface area contributed by atoms with Gasteiger partial charge in [0, 0.05) is 35.7 Å². The minimum Gasteiger partial charge on any atom is -0.383 e. The normalized spacial score (nSPS) is 12.3. The molecule has 1 unspecified atom stereocenters. The summed E-state index contributed by atoms with van der Waals surface area (Å²) in [4.78, 5) is 14.5. The quantitative estimate of drug-likeness (QED) is 0.853. The number of nitrogens with zero attached hydrogens (tertiary/aromatic N) is 1. The number of anilines is 1. The van der Waals surface area contributed by atoms with Gasteiger partial charge in [-0.3, -0.25) is 4.79 Å². The Morgan fingerprint density at radius 3 is 2.81 bits per heavy atom. The molecule has 2 heterocycles. The molecule has 114 valence electrons. The SMILES string of the molecule is CCc1ccc(C(C)Nc2ccc(=O)n(CCOC)c2)s1. The molecule has 0 fully saturated rings. The molecule has 21 heavy (non-hydrogen) atoms. The van der Waals surface area contributed by atoms with Crippen molar-refractivity contribution in [1.29, 1.82) is 0 Å². The molecular formula is C16H22N2O2S. The molecule has 0 aliphatic heterocycles. The van der Waals surface area contributed by atoms with Gasteiger partial charge >= 0.3 is 0 Å². The molecular weight excluding hydrogens is 284 g/mol. The van der Waals surface area contributed by atoms with Crippen LogP contribution in [0.4, 0.5) is 5.69 Å². The second-order valence-corrected chi connectivity index (χ2v) is 6.17. The van der Waals surface area contributed by atoms with Crippen molar-refractivity contribution in [2.75, 3.05) is 19.0 Å². The van der Waals surface area contributed by atoms with E-state index in [0.29, 0.717) is 13.2 Å². The van der Waals surface area contributed by atoms with Crippen LogP contribution in [0.1, 0.15) is 29.6 Å². The predicted octanol–water partition coefficient (Wildman–Crippen LogP) is 3.29. The third kappa shape index (κ3) is 4.19. The Balaban J connectivity index is 2.09. The number of pyridine rings is 1. The number of hydrogen-bond acceptors (Lipinski definition) is 4. The molecule has 2 rings (SSSR count). The molecule has 0 aromatic carbocycles. The zero-order valence-electron chi connectivity index (χ0n) is 12.8. The Kier molecular flexibility index (Phi) is 5.59. The molecule has 0 aliphatic rings. The van der Waals surface area contributed by atoms with E-state index in [4.69, 9.17) is 4.74 Å². The van der Waals surface area contributed by atoms with Gasteiger partial charge in [0.1, 0.15) is 0 Å². The fraction of sp³-hybridized carbons (Fsp3) is 0.438. The first-order valence-electron chi connectivity index (χ1n) is 7.18. The zero-order chi connectivity index (χ0) is 15.2. The topological polar surface area (TPSA) is 43.3 Å². The van der Waals surface area contributed by atoms with E-state index < -0.39 is 0 Å². The van der Waals surface area contributed by atoms with E-state index >= 15 is 0 Å². The van der Waals surface area contributed by atoms with Crippen molar-refractivity contribution in [3.05, 3.63) is 50.6 Å². The summed E-state index contributed by atoms with van der Waals surface area (Å²) in [7, 11) is 1.64. The van der Waals surface area contributed by atoms with Gasteiger partial charge in [0.05, 0.1) is 18.3 Å². The van der Waals surface area contributed by atoms with Crippen LogP contribution < -0.4 is 10.9 Å². The maximum absolute atomic E-state index is 11.8. The van der Waals surface area contributed by atoms with Crippen LogP contribution in [0.25, 0.3) is 0 Å². The van der Waals surface area contributed by atoms with E-state index in [1.165, 1.54) is 9.75 Å². The number of hydrogen-bond donors (Lipinski definition) is 1. The number of rotatable bonds is 7. The molecule has 0 saturated heterocycles. The average Bonchev–Trinajstić information content (AvgIpc) is 2.97. The molecule has 2 aromatic heterocycles. The number of ether oxygens (including phenoxy) is 1. The Hall–Kier alpha value is -1.59. The van der Waals surface area contributed by atoms with Gasteiger partial charge in [-0.05, 0) is 31.5 Å². The van der Waals surface area contributed by atoms with Crippen molar-refractivity contribution in [3.8, 4) is 0 Å². The van der Waals surface area contributed by atoms with Gasteiger partial charge < -0.3 is 14.6 Å². The Labute approximate surface area is 129 Å². The molecule has 0 spiro atoms. The van der Waals surface area contributed by atoms with Gasteiger partial charge in [-0.1, -0.05) is 6.92 Å². The lowest BCUT2D eigenvalue weighted by atomic mass is 10.2. The molecule has 0 bridgehead atoms. The summed E-state index contributed by atoms with van der Waals surface area (Å²) < 4.78 is 6.70. The van der Waals surface area contributed by atoms with E-state index in [0.717, 1.165) is 12.1 Å². The van der Waals surface area contributed by atoms with Crippen LogP contribution in [0.15, 0.2) is 35.3 Å². The fourth-order valence-corrected chi connectivity index (χ4v) is 3.07. The molecule has 0 aliphatic carbocycles. The third-order valence-electron chi connectivity index (χ3n) is 3.36. The number of aryl methyl sites for hydroxylation is 1. The number of aromatic nitrogens is 1. The van der Waals surface area contributed by atoms with Crippen molar-refractivity contribution in [2.45, 2.75) is 32.9 Å². The summed E-state index contributed by atoms with van der Waals surface area (Å²) >= 11 is 1.83. The van der Waals surface area contributed by atoms with Crippen LogP contribution in [0.2, 0.25) is 0 Å². The first kappa shape index (κ1) is 15.8. The van der Waals surface area contributed by atoms with Crippen LogP contribution in [0.5, 0.6) is 0 Å². The van der Waals surface area contributed by atoms with Gasteiger partial charge in [0.25, 0.3) is 5.56 Å². The Morgan fingerprint density at radius 1 is 1.33 bits per heavy atom. The highest BCUT2D eigenvalue weighted by Crippen LogP contribution is 2.26. The van der Waals surface area contributed by atoms with Crippen molar-refractivity contribution in [1.82, 2.24) is 4.57 Å². The summed E-state index contributed by atoms with van der Waals surface area (Å²) in [6.45, 7) is 5.40. The largest absolute Gasteiger partial charge is 0.383 e. The van der Waals surface area contributed by atoms with Gasteiger partial charge in [0.15, 0.2) is 0 Å². The van der Waals surface area contributed by atoms with E-state index in [1.807, 2.05) is 23.6 Å². The van der Waals surface area contributed by atoms with Crippen LogP contribution in [0.3, 0.4) is 0 Å². The van der Waals surface area contributed by atoms with E-state index in [9.17, 15) is 4.79 Å². The second kappa shape index (κ2) is 7.43. The van der Waals surface area contributed by atoms with E-state index in [2.05, 4.69) is 31.3 Å². The minimum atomic E-state index is -0.00496. The third-order valence-corrected chi connectivity index (χ3v) is 4.77. The maximum atomic E-state index is 11.8. The minimum absolute atomic E-state index is 0.00496. The molecule has 4 nitrogen and oxygen atoms in total. The van der Waals surface area contributed by atoms with Crippen molar-refractivity contribution < 1.29 is 4.74 Å². The Morgan fingerprint density at radius 2 is 2.14 bits per heavy atom. The smallest absolute Gasteiger partial charge is 0.250 e. The van der Waals surface area contributed by atoms with Crippen molar-refractivity contribution >= 4 is 17.0 Å². The number of thiophene rings is 1. The summed E-state index contributed by atoms with van der Waals surface area (Å²) in [6.07, 6.45) is 2.92. The Bertz CT molecular complexity index is 633. The molecule has 0 radical (unpaired) electrons. The van der Waals surface area contributed by atoms with Crippen molar-refractivity contribution in [3.63, 3.8) is 0 Å². The monoisotopic (exact) mass is 306 g/mol.